The lowest BCUT2D eigenvalue weighted by Crippen LogP contribution is -2.41. The highest BCUT2D eigenvalue weighted by Gasteiger charge is 2.28. The Labute approximate surface area is 144 Å². The maximum absolute atomic E-state index is 12.2. The summed E-state index contributed by atoms with van der Waals surface area (Å²) in [4.78, 5) is 37.7. The van der Waals surface area contributed by atoms with Crippen molar-refractivity contribution in [1.29, 1.82) is 0 Å². The van der Waals surface area contributed by atoms with Crippen LogP contribution in [0.15, 0.2) is 0 Å². The Balaban J connectivity index is 1.64. The van der Waals surface area contributed by atoms with E-state index in [9.17, 15) is 14.4 Å². The van der Waals surface area contributed by atoms with E-state index < -0.39 is 0 Å². The highest BCUT2D eigenvalue weighted by Crippen LogP contribution is 2.20. The largest absolute Gasteiger partial charge is 0.466 e. The monoisotopic (exact) mass is 338 g/mol. The number of nitrogens with one attached hydrogen (secondary N) is 1. The Bertz CT molecular complexity index is 438. The smallest absolute Gasteiger partial charge is 0.309 e. The fourth-order valence-corrected chi connectivity index (χ4v) is 3.55. The minimum absolute atomic E-state index is 0.0103. The summed E-state index contributed by atoms with van der Waals surface area (Å²) in [6.07, 6.45) is 7.54. The molecule has 1 saturated carbocycles. The first-order chi connectivity index (χ1) is 11.6. The Kier molecular flexibility index (Phi) is 7.53. The van der Waals surface area contributed by atoms with Crippen molar-refractivity contribution in [3.05, 3.63) is 0 Å². The molecular weight excluding hydrogens is 308 g/mol. The van der Waals surface area contributed by atoms with Gasteiger partial charge in [0.2, 0.25) is 11.8 Å². The molecule has 0 aromatic heterocycles. The summed E-state index contributed by atoms with van der Waals surface area (Å²) < 4.78 is 5.03. The van der Waals surface area contributed by atoms with Gasteiger partial charge in [0.05, 0.1) is 12.5 Å². The van der Waals surface area contributed by atoms with Crippen LogP contribution in [0.1, 0.15) is 64.7 Å². The van der Waals surface area contributed by atoms with Crippen LogP contribution in [0.25, 0.3) is 0 Å². The average molecular weight is 338 g/mol. The molecule has 0 spiro atoms. The Morgan fingerprint density at radius 2 is 1.67 bits per heavy atom. The Hall–Kier alpha value is -1.59. The SMILES string of the molecule is CCOC(=O)C1CCN(C(=O)CCC(=O)NC2CCCCC2)CC1. The highest BCUT2D eigenvalue weighted by molar-refractivity contribution is 5.84. The predicted molar refractivity (Wildman–Crippen MR) is 90.2 cm³/mol. The molecule has 1 N–H and O–H groups in total. The molecule has 1 aliphatic heterocycles. The van der Waals surface area contributed by atoms with Crippen molar-refractivity contribution in [3.8, 4) is 0 Å². The van der Waals surface area contributed by atoms with Crippen molar-refractivity contribution >= 4 is 17.8 Å². The normalized spacial score (nSPS) is 19.8. The first-order valence-electron chi connectivity index (χ1n) is 9.34. The van der Waals surface area contributed by atoms with Gasteiger partial charge >= 0.3 is 5.97 Å². The molecule has 24 heavy (non-hydrogen) atoms. The second kappa shape index (κ2) is 9.64. The third kappa shape index (κ3) is 5.80. The summed E-state index contributed by atoms with van der Waals surface area (Å²) in [5.74, 6) is -0.257. The first kappa shape index (κ1) is 18.7. The zero-order valence-corrected chi connectivity index (χ0v) is 14.7. The van der Waals surface area contributed by atoms with Crippen molar-refractivity contribution in [1.82, 2.24) is 10.2 Å². The van der Waals surface area contributed by atoms with E-state index in [1.807, 2.05) is 0 Å². The molecule has 2 rings (SSSR count). The van der Waals surface area contributed by atoms with Gasteiger partial charge in [0.25, 0.3) is 0 Å². The van der Waals surface area contributed by atoms with Crippen LogP contribution in [0.2, 0.25) is 0 Å². The van der Waals surface area contributed by atoms with Crippen LogP contribution in [0, 0.1) is 5.92 Å². The quantitative estimate of drug-likeness (QED) is 0.752. The topological polar surface area (TPSA) is 75.7 Å². The van der Waals surface area contributed by atoms with Crippen molar-refractivity contribution in [3.63, 3.8) is 0 Å². The Morgan fingerprint density at radius 3 is 2.29 bits per heavy atom. The third-order valence-corrected chi connectivity index (χ3v) is 5.00. The van der Waals surface area contributed by atoms with Crippen LogP contribution in [0.4, 0.5) is 0 Å². The molecule has 6 nitrogen and oxygen atoms in total. The Morgan fingerprint density at radius 1 is 1.00 bits per heavy atom. The summed E-state index contributed by atoms with van der Waals surface area (Å²) in [5.41, 5.74) is 0. The van der Waals surface area contributed by atoms with E-state index >= 15 is 0 Å². The van der Waals surface area contributed by atoms with Crippen molar-refractivity contribution < 1.29 is 19.1 Å². The number of nitrogens with zero attached hydrogens (tertiary/aromatic N) is 1. The molecule has 6 heteroatoms. The summed E-state index contributed by atoms with van der Waals surface area (Å²) in [6, 6.07) is 0.293. The van der Waals surface area contributed by atoms with E-state index in [1.54, 1.807) is 11.8 Å². The molecule has 0 unspecified atom stereocenters. The zero-order chi connectivity index (χ0) is 17.4. The number of hydrogen-bond acceptors (Lipinski definition) is 4. The number of ether oxygens (including phenoxy) is 1. The van der Waals surface area contributed by atoms with Gasteiger partial charge in [0, 0.05) is 32.0 Å². The number of likely N-dealkylation sites (tertiary alicyclic amines) is 1. The molecule has 2 amide bonds. The molecular formula is C18H30N2O4. The molecule has 1 heterocycles. The molecule has 2 fully saturated rings. The molecule has 0 atom stereocenters. The van der Waals surface area contributed by atoms with Gasteiger partial charge in [0.1, 0.15) is 0 Å². The summed E-state index contributed by atoms with van der Waals surface area (Å²) >= 11 is 0. The summed E-state index contributed by atoms with van der Waals surface area (Å²) in [5, 5.41) is 3.04. The fourth-order valence-electron chi connectivity index (χ4n) is 3.55. The van der Waals surface area contributed by atoms with Crippen LogP contribution in [0.3, 0.4) is 0 Å². The number of carbonyl (C=O) groups excluding carboxylic acids is 3. The summed E-state index contributed by atoms with van der Waals surface area (Å²) in [6.45, 7) is 3.35. The molecule has 0 aromatic carbocycles. The highest BCUT2D eigenvalue weighted by atomic mass is 16.5. The van der Waals surface area contributed by atoms with Crippen molar-refractivity contribution in [2.24, 2.45) is 5.92 Å². The van der Waals surface area contributed by atoms with Gasteiger partial charge in [-0.25, -0.2) is 0 Å². The van der Waals surface area contributed by atoms with E-state index in [0.717, 1.165) is 12.8 Å². The number of amides is 2. The first-order valence-corrected chi connectivity index (χ1v) is 9.34. The van der Waals surface area contributed by atoms with Gasteiger partial charge in [-0.05, 0) is 32.6 Å². The number of piperidine rings is 1. The molecule has 2 aliphatic rings. The molecule has 0 radical (unpaired) electrons. The standard InChI is InChI=1S/C18H30N2O4/c1-2-24-18(23)14-10-12-20(13-11-14)17(22)9-8-16(21)19-15-6-4-3-5-7-15/h14-15H,2-13H2,1H3,(H,19,21). The maximum atomic E-state index is 12.2. The van der Waals surface area contributed by atoms with E-state index in [-0.39, 0.29) is 36.5 Å². The molecule has 1 saturated heterocycles. The van der Waals surface area contributed by atoms with E-state index in [1.165, 1.54) is 19.3 Å². The van der Waals surface area contributed by atoms with Gasteiger partial charge in [-0.1, -0.05) is 19.3 Å². The van der Waals surface area contributed by atoms with Gasteiger partial charge in [-0.2, -0.15) is 0 Å². The number of esters is 1. The number of carbonyl (C=O) groups is 3. The van der Waals surface area contributed by atoms with Gasteiger partial charge in [0.15, 0.2) is 0 Å². The van der Waals surface area contributed by atoms with E-state index in [0.29, 0.717) is 38.6 Å². The molecule has 1 aliphatic carbocycles. The van der Waals surface area contributed by atoms with Crippen LogP contribution in [-0.4, -0.2) is 48.4 Å². The zero-order valence-electron chi connectivity index (χ0n) is 14.7. The van der Waals surface area contributed by atoms with Gasteiger partial charge in [-0.15, -0.1) is 0 Å². The lowest BCUT2D eigenvalue weighted by atomic mass is 9.95. The lowest BCUT2D eigenvalue weighted by molar-refractivity contribution is -0.151. The van der Waals surface area contributed by atoms with Crippen LogP contribution < -0.4 is 5.32 Å². The van der Waals surface area contributed by atoms with E-state index in [4.69, 9.17) is 4.74 Å². The second-order valence-corrected chi connectivity index (χ2v) is 6.81. The average Bonchev–Trinajstić information content (AvgIpc) is 2.61. The number of rotatable bonds is 6. The minimum Gasteiger partial charge on any atom is -0.466 e. The van der Waals surface area contributed by atoms with Crippen LogP contribution in [0.5, 0.6) is 0 Å². The lowest BCUT2D eigenvalue weighted by Gasteiger charge is -2.31. The van der Waals surface area contributed by atoms with Crippen LogP contribution >= 0.6 is 0 Å². The van der Waals surface area contributed by atoms with Gasteiger partial charge < -0.3 is 15.0 Å². The van der Waals surface area contributed by atoms with E-state index in [2.05, 4.69) is 5.32 Å². The molecule has 0 bridgehead atoms. The minimum atomic E-state index is -0.156. The molecule has 0 aromatic rings. The van der Waals surface area contributed by atoms with Gasteiger partial charge in [-0.3, -0.25) is 14.4 Å². The van der Waals surface area contributed by atoms with Crippen molar-refractivity contribution in [2.45, 2.75) is 70.8 Å². The molecule has 136 valence electrons. The second-order valence-electron chi connectivity index (χ2n) is 6.81. The third-order valence-electron chi connectivity index (χ3n) is 5.00. The number of hydrogen-bond donors (Lipinski definition) is 1. The maximum Gasteiger partial charge on any atom is 0.309 e. The van der Waals surface area contributed by atoms with Crippen LogP contribution in [-0.2, 0) is 19.1 Å². The fraction of sp³-hybridized carbons (Fsp3) is 0.833. The summed E-state index contributed by atoms with van der Waals surface area (Å²) in [7, 11) is 0. The van der Waals surface area contributed by atoms with Crippen molar-refractivity contribution in [2.75, 3.05) is 19.7 Å². The predicted octanol–water partition coefficient (Wildman–Crippen LogP) is 2.02.